The van der Waals surface area contributed by atoms with Gasteiger partial charge in [0.05, 0.1) is 17.0 Å². The molecule has 1 heterocycles. The van der Waals surface area contributed by atoms with Crippen molar-refractivity contribution in [3.63, 3.8) is 0 Å². The van der Waals surface area contributed by atoms with Gasteiger partial charge < -0.3 is 10.2 Å². The van der Waals surface area contributed by atoms with E-state index in [1.807, 2.05) is 0 Å². The first kappa shape index (κ1) is 23.3. The molecule has 0 aliphatic carbocycles. The Kier molecular flexibility index (Phi) is 8.43. The Bertz CT molecular complexity index is 781. The van der Waals surface area contributed by atoms with E-state index in [2.05, 4.69) is 17.1 Å². The number of hydrogen-bond donors (Lipinski definition) is 1. The number of piperidine rings is 1. The second kappa shape index (κ2) is 10.1. The number of rotatable bonds is 8. The lowest BCUT2D eigenvalue weighted by Gasteiger charge is -2.30. The quantitative estimate of drug-likeness (QED) is 0.617. The zero-order valence-corrected chi connectivity index (χ0v) is 18.9. The molecule has 2 rings (SSSR count). The normalized spacial score (nSPS) is 17.3. The van der Waals surface area contributed by atoms with Gasteiger partial charge in [0.2, 0.25) is 15.9 Å². The van der Waals surface area contributed by atoms with Crippen LogP contribution in [0.15, 0.2) is 18.2 Å². The third-order valence-electron chi connectivity index (χ3n) is 5.06. The Morgan fingerprint density at radius 2 is 1.96 bits per heavy atom. The number of benzene rings is 1. The number of nitrogens with zero attached hydrogens (tertiary/aromatic N) is 2. The van der Waals surface area contributed by atoms with Crippen LogP contribution in [-0.4, -0.2) is 57.7 Å². The third kappa shape index (κ3) is 6.51. The van der Waals surface area contributed by atoms with Crippen molar-refractivity contribution in [3.8, 4) is 0 Å². The molecule has 0 aromatic heterocycles. The van der Waals surface area contributed by atoms with Gasteiger partial charge in [-0.05, 0) is 69.9 Å². The summed E-state index contributed by atoms with van der Waals surface area (Å²) in [6, 6.07) is 3.59. The molecule has 1 atom stereocenters. The zero-order chi connectivity index (χ0) is 20.9. The van der Waals surface area contributed by atoms with E-state index < -0.39 is 16.1 Å². The first-order chi connectivity index (χ1) is 13.1. The number of carbonyl (C=O) groups is 1. The van der Waals surface area contributed by atoms with E-state index in [0.717, 1.165) is 42.5 Å². The van der Waals surface area contributed by atoms with Crippen LogP contribution in [0.1, 0.15) is 33.1 Å². The summed E-state index contributed by atoms with van der Waals surface area (Å²) in [5, 5.41) is 3.40. The summed E-state index contributed by atoms with van der Waals surface area (Å²) >= 11 is 12.2. The van der Waals surface area contributed by atoms with E-state index >= 15 is 0 Å². The molecule has 1 fully saturated rings. The van der Waals surface area contributed by atoms with Crippen molar-refractivity contribution in [3.05, 3.63) is 28.2 Å². The number of nitrogens with one attached hydrogen (secondary N) is 1. The fourth-order valence-corrected chi connectivity index (χ4v) is 4.99. The molecule has 1 saturated heterocycles. The summed E-state index contributed by atoms with van der Waals surface area (Å²) in [7, 11) is -3.73. The molecule has 1 N–H and O–H groups in total. The van der Waals surface area contributed by atoms with Gasteiger partial charge >= 0.3 is 0 Å². The standard InChI is InChI=1S/C19H29Cl2N3O3S/c1-14-7-11-23(12-8-14)10-4-9-22-19(25)15(2)24(28(3,26)27)18-13-16(20)5-6-17(18)21/h5-6,13-15H,4,7-12H2,1-3H3,(H,22,25)/t15-/m0/s1. The molecule has 28 heavy (non-hydrogen) atoms. The van der Waals surface area contributed by atoms with Crippen LogP contribution in [0.4, 0.5) is 5.69 Å². The van der Waals surface area contributed by atoms with E-state index in [-0.39, 0.29) is 16.6 Å². The maximum absolute atomic E-state index is 12.6. The smallest absolute Gasteiger partial charge is 0.243 e. The number of anilines is 1. The number of likely N-dealkylation sites (tertiary alicyclic amines) is 1. The lowest BCUT2D eigenvalue weighted by Crippen LogP contribution is -2.48. The molecule has 1 aromatic rings. The minimum atomic E-state index is -3.73. The topological polar surface area (TPSA) is 69.7 Å². The summed E-state index contributed by atoms with van der Waals surface area (Å²) in [5.74, 6) is 0.422. The van der Waals surface area contributed by atoms with Crippen LogP contribution in [-0.2, 0) is 14.8 Å². The molecule has 0 radical (unpaired) electrons. The van der Waals surface area contributed by atoms with Crippen molar-refractivity contribution in [2.24, 2.45) is 5.92 Å². The molecule has 1 aromatic carbocycles. The van der Waals surface area contributed by atoms with Gasteiger partial charge in [-0.1, -0.05) is 30.1 Å². The monoisotopic (exact) mass is 449 g/mol. The summed E-state index contributed by atoms with van der Waals surface area (Å²) in [6.07, 6.45) is 4.30. The molecule has 158 valence electrons. The highest BCUT2D eigenvalue weighted by atomic mass is 35.5. The van der Waals surface area contributed by atoms with E-state index in [4.69, 9.17) is 23.2 Å². The van der Waals surface area contributed by atoms with Crippen LogP contribution in [0, 0.1) is 5.92 Å². The molecule has 6 nitrogen and oxygen atoms in total. The molecule has 1 aliphatic heterocycles. The van der Waals surface area contributed by atoms with Crippen molar-refractivity contribution < 1.29 is 13.2 Å². The molecule has 0 unspecified atom stereocenters. The van der Waals surface area contributed by atoms with Gasteiger partial charge in [-0.25, -0.2) is 8.42 Å². The predicted octanol–water partition coefficient (Wildman–Crippen LogP) is 3.39. The summed E-state index contributed by atoms with van der Waals surface area (Å²) in [4.78, 5) is 15.0. The fraction of sp³-hybridized carbons (Fsp3) is 0.632. The first-order valence-corrected chi connectivity index (χ1v) is 12.1. The van der Waals surface area contributed by atoms with Gasteiger partial charge in [0, 0.05) is 11.6 Å². The van der Waals surface area contributed by atoms with E-state index in [9.17, 15) is 13.2 Å². The second-order valence-electron chi connectivity index (χ2n) is 7.50. The van der Waals surface area contributed by atoms with Crippen LogP contribution in [0.5, 0.6) is 0 Å². The molecule has 0 spiro atoms. The molecule has 0 saturated carbocycles. The van der Waals surface area contributed by atoms with Crippen molar-refractivity contribution in [1.29, 1.82) is 0 Å². The van der Waals surface area contributed by atoms with Crippen LogP contribution >= 0.6 is 23.2 Å². The lowest BCUT2D eigenvalue weighted by molar-refractivity contribution is -0.121. The highest BCUT2D eigenvalue weighted by Crippen LogP contribution is 2.32. The molecular weight excluding hydrogens is 421 g/mol. The molecule has 1 amide bonds. The van der Waals surface area contributed by atoms with Crippen molar-refractivity contribution >= 4 is 44.8 Å². The average Bonchev–Trinajstić information content (AvgIpc) is 2.62. The average molecular weight is 450 g/mol. The minimum absolute atomic E-state index is 0.196. The summed E-state index contributed by atoms with van der Waals surface area (Å²) in [6.45, 7) is 7.44. The number of sulfonamides is 1. The van der Waals surface area contributed by atoms with Crippen molar-refractivity contribution in [2.75, 3.05) is 36.7 Å². The summed E-state index contributed by atoms with van der Waals surface area (Å²) < 4.78 is 25.7. The first-order valence-electron chi connectivity index (χ1n) is 9.54. The van der Waals surface area contributed by atoms with Gasteiger partial charge in [0.25, 0.3) is 0 Å². The van der Waals surface area contributed by atoms with E-state index in [1.165, 1.54) is 25.0 Å². The number of hydrogen-bond acceptors (Lipinski definition) is 4. The Morgan fingerprint density at radius 3 is 2.57 bits per heavy atom. The minimum Gasteiger partial charge on any atom is -0.354 e. The van der Waals surface area contributed by atoms with Gasteiger partial charge in [-0.3, -0.25) is 9.10 Å². The fourth-order valence-electron chi connectivity index (χ4n) is 3.38. The lowest BCUT2D eigenvalue weighted by atomic mass is 9.99. The highest BCUT2D eigenvalue weighted by Gasteiger charge is 2.30. The van der Waals surface area contributed by atoms with E-state index in [0.29, 0.717) is 11.6 Å². The number of halogens is 2. The van der Waals surface area contributed by atoms with Crippen LogP contribution in [0.25, 0.3) is 0 Å². The summed E-state index contributed by atoms with van der Waals surface area (Å²) in [5.41, 5.74) is 0.196. The van der Waals surface area contributed by atoms with Gasteiger partial charge in [-0.2, -0.15) is 0 Å². The SMILES string of the molecule is CC1CCN(CCCNC(=O)[C@H](C)N(c2cc(Cl)ccc2Cl)S(C)(=O)=O)CC1. The maximum atomic E-state index is 12.6. The Balaban J connectivity index is 1.95. The number of carbonyl (C=O) groups excluding carboxylic acids is 1. The zero-order valence-electron chi connectivity index (χ0n) is 16.6. The largest absolute Gasteiger partial charge is 0.354 e. The van der Waals surface area contributed by atoms with Gasteiger partial charge in [0.1, 0.15) is 6.04 Å². The van der Waals surface area contributed by atoms with Crippen LogP contribution < -0.4 is 9.62 Å². The van der Waals surface area contributed by atoms with Crippen LogP contribution in [0.3, 0.4) is 0 Å². The molecule has 1 aliphatic rings. The third-order valence-corrected chi connectivity index (χ3v) is 6.84. The Morgan fingerprint density at radius 1 is 1.32 bits per heavy atom. The van der Waals surface area contributed by atoms with E-state index in [1.54, 1.807) is 13.0 Å². The molecule has 9 heteroatoms. The van der Waals surface area contributed by atoms with Crippen molar-refractivity contribution in [2.45, 2.75) is 39.2 Å². The highest BCUT2D eigenvalue weighted by molar-refractivity contribution is 7.92. The Hall–Kier alpha value is -1.02. The molecular formula is C19H29Cl2N3O3S. The molecule has 0 bridgehead atoms. The predicted molar refractivity (Wildman–Crippen MR) is 116 cm³/mol. The maximum Gasteiger partial charge on any atom is 0.243 e. The second-order valence-corrected chi connectivity index (χ2v) is 10.2. The van der Waals surface area contributed by atoms with Gasteiger partial charge in [-0.15, -0.1) is 0 Å². The van der Waals surface area contributed by atoms with Crippen LogP contribution in [0.2, 0.25) is 10.0 Å². The number of amides is 1. The van der Waals surface area contributed by atoms with Gasteiger partial charge in [0.15, 0.2) is 0 Å². The van der Waals surface area contributed by atoms with Crippen molar-refractivity contribution in [1.82, 2.24) is 10.2 Å². The Labute approximate surface area is 178 Å².